The Bertz CT molecular complexity index is 1500. The van der Waals surface area contributed by atoms with Gasteiger partial charge in [-0.05, 0) is 51.2 Å². The average molecular weight is 488 g/mol. The maximum absolute atomic E-state index is 13.8. The van der Waals surface area contributed by atoms with Gasteiger partial charge in [-0.3, -0.25) is 9.59 Å². The van der Waals surface area contributed by atoms with E-state index in [0.29, 0.717) is 45.1 Å². The molecule has 1 saturated carbocycles. The summed E-state index contributed by atoms with van der Waals surface area (Å²) in [5, 5.41) is 5.02. The van der Waals surface area contributed by atoms with E-state index in [-0.39, 0.29) is 29.9 Å². The molecule has 36 heavy (non-hydrogen) atoms. The van der Waals surface area contributed by atoms with Crippen molar-refractivity contribution >= 4 is 33.6 Å². The number of nitrogens with zero attached hydrogens (tertiary/aromatic N) is 2. The Morgan fingerprint density at radius 3 is 2.67 bits per heavy atom. The first-order valence-corrected chi connectivity index (χ1v) is 12.4. The lowest BCUT2D eigenvalue weighted by Gasteiger charge is -2.34. The van der Waals surface area contributed by atoms with Crippen LogP contribution in [0.4, 0.5) is 0 Å². The van der Waals surface area contributed by atoms with Crippen LogP contribution in [0.5, 0.6) is 0 Å². The van der Waals surface area contributed by atoms with Crippen LogP contribution < -0.4 is 11.3 Å². The van der Waals surface area contributed by atoms with Gasteiger partial charge in [0.25, 0.3) is 5.56 Å². The molecule has 3 unspecified atom stereocenters. The highest BCUT2D eigenvalue weighted by Gasteiger charge is 2.33. The first-order chi connectivity index (χ1) is 17.4. The normalized spacial score (nSPS) is 18.9. The molecule has 4 aromatic rings. The van der Waals surface area contributed by atoms with Crippen molar-refractivity contribution in [3.05, 3.63) is 75.8 Å². The summed E-state index contributed by atoms with van der Waals surface area (Å²) in [4.78, 5) is 39.7. The molecule has 8 heteroatoms. The molecule has 2 heterocycles. The second-order valence-electron chi connectivity index (χ2n) is 9.39. The number of ether oxygens (including phenoxy) is 1. The molecule has 186 valence electrons. The number of carbonyl (C=O) groups excluding carboxylic acids is 2. The molecule has 1 aliphatic rings. The molecule has 3 atom stereocenters. The third kappa shape index (κ3) is 4.01. The number of fused-ring (bicyclic) bond motifs is 3. The molecule has 0 saturated heterocycles. The van der Waals surface area contributed by atoms with Gasteiger partial charge in [-0.25, -0.2) is 4.79 Å². The number of hydrogen-bond acceptors (Lipinski definition) is 7. The number of carbonyl (C=O) groups is 2. The Morgan fingerprint density at radius 2 is 1.92 bits per heavy atom. The van der Waals surface area contributed by atoms with Gasteiger partial charge in [-0.2, -0.15) is 0 Å². The smallest absolute Gasteiger partial charge is 0.338 e. The third-order valence-electron chi connectivity index (χ3n) is 7.25. The van der Waals surface area contributed by atoms with Crippen LogP contribution in [0.1, 0.15) is 65.1 Å². The van der Waals surface area contributed by atoms with Crippen LogP contribution in [0, 0.1) is 12.8 Å². The minimum Gasteiger partial charge on any atom is -0.462 e. The van der Waals surface area contributed by atoms with E-state index in [2.05, 4.69) is 5.16 Å². The summed E-state index contributed by atoms with van der Waals surface area (Å²) in [6.45, 7) is 3.67. The number of aromatic nitrogens is 2. The van der Waals surface area contributed by atoms with Gasteiger partial charge in [0, 0.05) is 17.0 Å². The van der Waals surface area contributed by atoms with E-state index in [1.165, 1.54) is 0 Å². The molecule has 5 rings (SSSR count). The number of nitrogens with two attached hydrogens (primary N) is 1. The lowest BCUT2D eigenvalue weighted by atomic mass is 9.79. The molecule has 0 aliphatic heterocycles. The van der Waals surface area contributed by atoms with Crippen LogP contribution in [-0.2, 0) is 4.74 Å². The van der Waals surface area contributed by atoms with E-state index in [9.17, 15) is 14.4 Å². The van der Waals surface area contributed by atoms with E-state index in [4.69, 9.17) is 15.0 Å². The molecule has 1 fully saturated rings. The number of Topliss-reactive ketones (excluding diaryl/α,β-unsaturated/α-hetero) is 1. The molecule has 0 amide bonds. The van der Waals surface area contributed by atoms with Crippen molar-refractivity contribution in [1.82, 2.24) is 9.72 Å². The Hall–Kier alpha value is -3.78. The van der Waals surface area contributed by atoms with E-state index in [1.807, 2.05) is 24.3 Å². The van der Waals surface area contributed by atoms with Gasteiger partial charge < -0.3 is 19.6 Å². The van der Waals surface area contributed by atoms with E-state index >= 15 is 0 Å². The summed E-state index contributed by atoms with van der Waals surface area (Å²) in [5.74, 6) is -0.251. The standard InChI is InChI=1S/C28H29N3O5/c1-3-35-28(34)20-13-8-14-21-23(20)25-22(16(2)36-30-25)27(33)31(21)19-12-7-11-18(15-19)24(29)26(32)17-9-5-4-6-10-17/h4-6,8-10,13-14,18-19,24H,3,7,11-12,15,29H2,1-2H3. The molecule has 1 aliphatic carbocycles. The number of pyridine rings is 1. The van der Waals surface area contributed by atoms with E-state index in [1.54, 1.807) is 42.7 Å². The highest BCUT2D eigenvalue weighted by atomic mass is 16.5. The zero-order chi connectivity index (χ0) is 25.4. The van der Waals surface area contributed by atoms with Crippen molar-refractivity contribution in [3.63, 3.8) is 0 Å². The molecule has 2 aromatic carbocycles. The monoisotopic (exact) mass is 487 g/mol. The third-order valence-corrected chi connectivity index (χ3v) is 7.25. The van der Waals surface area contributed by atoms with Crippen LogP contribution in [0.3, 0.4) is 0 Å². The maximum Gasteiger partial charge on any atom is 0.338 e. The van der Waals surface area contributed by atoms with Gasteiger partial charge in [0.2, 0.25) is 0 Å². The van der Waals surface area contributed by atoms with E-state index in [0.717, 1.165) is 19.3 Å². The van der Waals surface area contributed by atoms with Crippen molar-refractivity contribution < 1.29 is 18.8 Å². The molecular weight excluding hydrogens is 458 g/mol. The Labute approximate surface area is 208 Å². The first kappa shape index (κ1) is 23.9. The number of rotatable bonds is 6. The second kappa shape index (κ2) is 9.70. The molecular formula is C28H29N3O5. The zero-order valence-corrected chi connectivity index (χ0v) is 20.4. The fourth-order valence-electron chi connectivity index (χ4n) is 5.53. The largest absolute Gasteiger partial charge is 0.462 e. The molecule has 0 bridgehead atoms. The number of hydrogen-bond donors (Lipinski definition) is 1. The topological polar surface area (TPSA) is 117 Å². The SMILES string of the molecule is CCOC(=O)c1cccc2c1c1noc(C)c1c(=O)n2C1CCCC(C(N)C(=O)c2ccccc2)C1. The number of esters is 1. The predicted octanol–water partition coefficient (Wildman–Crippen LogP) is 4.57. The summed E-state index contributed by atoms with van der Waals surface area (Å²) in [6, 6.07) is 13.5. The average Bonchev–Trinajstić information content (AvgIpc) is 3.30. The van der Waals surface area contributed by atoms with Crippen molar-refractivity contribution in [2.45, 2.75) is 51.6 Å². The molecule has 2 aromatic heterocycles. The van der Waals surface area contributed by atoms with Crippen molar-refractivity contribution in [2.24, 2.45) is 11.7 Å². The Kier molecular flexibility index (Phi) is 6.45. The van der Waals surface area contributed by atoms with Crippen LogP contribution >= 0.6 is 0 Å². The van der Waals surface area contributed by atoms with Crippen molar-refractivity contribution in [1.29, 1.82) is 0 Å². The minimum absolute atomic E-state index is 0.0779. The number of benzene rings is 2. The van der Waals surface area contributed by atoms with Gasteiger partial charge in [-0.1, -0.05) is 48.0 Å². The van der Waals surface area contributed by atoms with Gasteiger partial charge in [-0.15, -0.1) is 0 Å². The van der Waals surface area contributed by atoms with Gasteiger partial charge in [0.1, 0.15) is 16.7 Å². The fourth-order valence-corrected chi connectivity index (χ4v) is 5.53. The first-order valence-electron chi connectivity index (χ1n) is 12.4. The molecule has 8 nitrogen and oxygen atoms in total. The van der Waals surface area contributed by atoms with Gasteiger partial charge >= 0.3 is 5.97 Å². The van der Waals surface area contributed by atoms with Gasteiger partial charge in [0.15, 0.2) is 5.78 Å². The molecule has 0 radical (unpaired) electrons. The quantitative estimate of drug-likeness (QED) is 0.313. The summed E-state index contributed by atoms with van der Waals surface area (Å²) in [7, 11) is 0. The van der Waals surface area contributed by atoms with Gasteiger partial charge in [0.05, 0.1) is 23.7 Å². The Balaban J connectivity index is 1.61. The zero-order valence-electron chi connectivity index (χ0n) is 20.4. The number of ketones is 1. The minimum atomic E-state index is -0.659. The van der Waals surface area contributed by atoms with Crippen molar-refractivity contribution in [2.75, 3.05) is 6.61 Å². The van der Waals surface area contributed by atoms with E-state index < -0.39 is 12.0 Å². The number of aryl methyl sites for hydroxylation is 1. The van der Waals surface area contributed by atoms with Crippen LogP contribution in [-0.4, -0.2) is 34.1 Å². The second-order valence-corrected chi connectivity index (χ2v) is 9.39. The summed E-state index contributed by atoms with van der Waals surface area (Å²) in [5.41, 5.74) is 8.16. The Morgan fingerprint density at radius 1 is 1.14 bits per heavy atom. The fraction of sp³-hybridized carbons (Fsp3) is 0.357. The van der Waals surface area contributed by atoms with Crippen molar-refractivity contribution in [3.8, 4) is 0 Å². The summed E-state index contributed by atoms with van der Waals surface area (Å²) < 4.78 is 12.4. The lowest BCUT2D eigenvalue weighted by molar-refractivity contribution is 0.0528. The lowest BCUT2D eigenvalue weighted by Crippen LogP contribution is -2.41. The molecule has 0 spiro atoms. The summed E-state index contributed by atoms with van der Waals surface area (Å²) >= 11 is 0. The van der Waals surface area contributed by atoms with Crippen LogP contribution in [0.15, 0.2) is 57.8 Å². The maximum atomic E-state index is 13.8. The van der Waals surface area contributed by atoms with Crippen LogP contribution in [0.25, 0.3) is 21.8 Å². The summed E-state index contributed by atoms with van der Waals surface area (Å²) in [6.07, 6.45) is 2.98. The highest BCUT2D eigenvalue weighted by molar-refractivity contribution is 6.14. The molecule has 2 N–H and O–H groups in total. The van der Waals surface area contributed by atoms with Crippen LogP contribution in [0.2, 0.25) is 0 Å². The highest BCUT2D eigenvalue weighted by Crippen LogP contribution is 2.37. The predicted molar refractivity (Wildman–Crippen MR) is 136 cm³/mol.